The van der Waals surface area contributed by atoms with Crippen molar-refractivity contribution in [1.82, 2.24) is 10.3 Å². The summed E-state index contributed by atoms with van der Waals surface area (Å²) >= 11 is 0. The second-order valence-corrected chi connectivity index (χ2v) is 13.9. The third kappa shape index (κ3) is 8.06. The van der Waals surface area contributed by atoms with E-state index in [1.165, 1.54) is 30.5 Å². The van der Waals surface area contributed by atoms with Crippen LogP contribution >= 0.6 is 0 Å². The van der Waals surface area contributed by atoms with Gasteiger partial charge in [-0.15, -0.1) is 0 Å². The number of nitrogens with zero attached hydrogens (tertiary/aromatic N) is 2. The van der Waals surface area contributed by atoms with Crippen LogP contribution in [0.15, 0.2) is 71.8 Å². The Labute approximate surface area is 266 Å². The first-order valence-corrected chi connectivity index (χ1v) is 17.0. The molecule has 1 amide bonds. The van der Waals surface area contributed by atoms with Gasteiger partial charge in [-0.2, -0.15) is 13.2 Å². The molecule has 5 rings (SSSR count). The highest BCUT2D eigenvalue weighted by Crippen LogP contribution is 2.35. The molecule has 9 nitrogen and oxygen atoms in total. The zero-order valence-corrected chi connectivity index (χ0v) is 26.3. The van der Waals surface area contributed by atoms with Crippen LogP contribution < -0.4 is 10.2 Å². The van der Waals surface area contributed by atoms with Gasteiger partial charge in [-0.1, -0.05) is 31.2 Å². The maximum Gasteiger partial charge on any atom is 0.416 e. The summed E-state index contributed by atoms with van der Waals surface area (Å²) < 4.78 is 75.3. The lowest BCUT2D eigenvalue weighted by molar-refractivity contribution is -0.137. The zero-order valence-electron chi connectivity index (χ0n) is 25.4. The minimum absolute atomic E-state index is 0.0141. The van der Waals surface area contributed by atoms with E-state index in [9.17, 15) is 31.5 Å². The first kappa shape index (κ1) is 33.8. The van der Waals surface area contributed by atoms with Crippen LogP contribution in [0.2, 0.25) is 0 Å². The van der Waals surface area contributed by atoms with Gasteiger partial charge in [0, 0.05) is 25.3 Å². The van der Waals surface area contributed by atoms with Gasteiger partial charge in [-0.05, 0) is 66.8 Å². The molecule has 0 aliphatic carbocycles. The van der Waals surface area contributed by atoms with E-state index in [1.807, 2.05) is 0 Å². The standard InChI is InChI=1S/C33H38F3N3O6S/c1-2-46(42,43)29-12-6-23(7-13-29)30(19-40)38-32(41)24-8-14-31(37-17-24)39-18-25(22-3-9-26(10-4-22)33(34,35)36)5-11-27(39)20-45-28-15-16-44-21-28/h3-4,6-10,12-14,17,25,27-28,30,40H,2,5,11,15-16,18-21H2,1H3,(H,38,41)/t25?,27-,28?,30-/m0/s1. The van der Waals surface area contributed by atoms with Crippen LogP contribution in [0, 0.1) is 0 Å². The number of aromatic nitrogens is 1. The van der Waals surface area contributed by atoms with Crippen molar-refractivity contribution < 1.29 is 41.0 Å². The number of sulfone groups is 1. The maximum atomic E-state index is 13.1. The molecule has 2 aliphatic heterocycles. The van der Waals surface area contributed by atoms with Gasteiger partial charge >= 0.3 is 6.18 Å². The smallest absolute Gasteiger partial charge is 0.394 e. The molecule has 2 aromatic carbocycles. The predicted octanol–water partition coefficient (Wildman–Crippen LogP) is 4.92. The Morgan fingerprint density at radius 1 is 1.09 bits per heavy atom. The Hall–Kier alpha value is -3.52. The highest BCUT2D eigenvalue weighted by atomic mass is 32.2. The topological polar surface area (TPSA) is 118 Å². The van der Waals surface area contributed by atoms with E-state index < -0.39 is 40.1 Å². The number of nitrogens with one attached hydrogen (secondary N) is 1. The fourth-order valence-corrected chi connectivity index (χ4v) is 6.71. The Balaban J connectivity index is 1.30. The molecule has 248 valence electrons. The molecule has 0 bridgehead atoms. The van der Waals surface area contributed by atoms with E-state index in [0.717, 1.165) is 37.0 Å². The van der Waals surface area contributed by atoms with Crippen molar-refractivity contribution in [3.63, 3.8) is 0 Å². The highest BCUT2D eigenvalue weighted by Gasteiger charge is 2.33. The molecule has 2 unspecified atom stereocenters. The van der Waals surface area contributed by atoms with Crippen LogP contribution in [-0.2, 0) is 25.5 Å². The molecule has 2 saturated heterocycles. The summed E-state index contributed by atoms with van der Waals surface area (Å²) in [6, 6.07) is 13.9. The van der Waals surface area contributed by atoms with Crippen molar-refractivity contribution in [3.05, 3.63) is 89.1 Å². The summed E-state index contributed by atoms with van der Waals surface area (Å²) in [5, 5.41) is 12.7. The van der Waals surface area contributed by atoms with Crippen LogP contribution in [0.4, 0.5) is 19.0 Å². The van der Waals surface area contributed by atoms with E-state index in [2.05, 4.69) is 15.2 Å². The molecule has 2 aliphatic rings. The minimum atomic E-state index is -4.40. The summed E-state index contributed by atoms with van der Waals surface area (Å²) in [6.45, 7) is 3.30. The van der Waals surface area contributed by atoms with Gasteiger partial charge in [0.1, 0.15) is 5.82 Å². The number of pyridine rings is 1. The van der Waals surface area contributed by atoms with Gasteiger partial charge in [0.2, 0.25) is 0 Å². The molecule has 0 spiro atoms. The van der Waals surface area contributed by atoms with Crippen LogP contribution in [0.25, 0.3) is 0 Å². The van der Waals surface area contributed by atoms with Gasteiger partial charge < -0.3 is 24.8 Å². The normalized spacial score (nSPS) is 21.2. The first-order chi connectivity index (χ1) is 22.0. The van der Waals surface area contributed by atoms with Crippen molar-refractivity contribution in [3.8, 4) is 0 Å². The monoisotopic (exact) mass is 661 g/mol. The molecule has 2 fully saturated rings. The summed E-state index contributed by atoms with van der Waals surface area (Å²) in [6.07, 6.45) is -0.618. The van der Waals surface area contributed by atoms with Gasteiger partial charge in [-0.3, -0.25) is 4.79 Å². The van der Waals surface area contributed by atoms with Gasteiger partial charge in [0.15, 0.2) is 9.84 Å². The average Bonchev–Trinajstić information content (AvgIpc) is 3.60. The lowest BCUT2D eigenvalue weighted by Gasteiger charge is -2.41. The summed E-state index contributed by atoms with van der Waals surface area (Å²) in [7, 11) is -3.38. The predicted molar refractivity (Wildman–Crippen MR) is 165 cm³/mol. The summed E-state index contributed by atoms with van der Waals surface area (Å²) in [5.74, 6) is 0.0788. The number of benzene rings is 2. The van der Waals surface area contributed by atoms with E-state index in [4.69, 9.17) is 9.47 Å². The number of anilines is 1. The molecule has 1 aromatic heterocycles. The molecular weight excluding hydrogens is 623 g/mol. The highest BCUT2D eigenvalue weighted by molar-refractivity contribution is 7.91. The van der Waals surface area contributed by atoms with E-state index in [1.54, 1.807) is 31.2 Å². The van der Waals surface area contributed by atoms with Crippen LogP contribution in [0.1, 0.15) is 65.2 Å². The summed E-state index contributed by atoms with van der Waals surface area (Å²) in [5.41, 5.74) is 0.940. The largest absolute Gasteiger partial charge is 0.416 e. The molecule has 13 heteroatoms. The number of piperidine rings is 1. The van der Waals surface area contributed by atoms with Crippen molar-refractivity contribution in [2.45, 2.75) is 61.4 Å². The van der Waals surface area contributed by atoms with Crippen LogP contribution in [-0.4, -0.2) is 75.3 Å². The lowest BCUT2D eigenvalue weighted by Crippen LogP contribution is -2.46. The number of aliphatic hydroxyl groups is 1. The number of aliphatic hydroxyl groups excluding tert-OH is 1. The Morgan fingerprint density at radius 3 is 2.41 bits per heavy atom. The van der Waals surface area contributed by atoms with Crippen LogP contribution in [0.5, 0.6) is 0 Å². The number of halogens is 3. The van der Waals surface area contributed by atoms with Crippen LogP contribution in [0.3, 0.4) is 0 Å². The molecule has 3 heterocycles. The Kier molecular flexibility index (Phi) is 10.7. The maximum absolute atomic E-state index is 13.1. The number of ether oxygens (including phenoxy) is 2. The zero-order chi connectivity index (χ0) is 32.9. The van der Waals surface area contributed by atoms with Gasteiger partial charge in [0.05, 0.1) is 59.8 Å². The fraction of sp³-hybridized carbons (Fsp3) is 0.455. The van der Waals surface area contributed by atoms with Crippen molar-refractivity contribution in [2.24, 2.45) is 0 Å². The third-order valence-electron chi connectivity index (χ3n) is 8.64. The molecule has 4 atom stereocenters. The molecule has 2 N–H and O–H groups in total. The molecule has 0 saturated carbocycles. The van der Waals surface area contributed by atoms with Crippen molar-refractivity contribution in [2.75, 3.05) is 43.6 Å². The number of alkyl halides is 3. The Bertz CT molecular complexity index is 1560. The number of amides is 1. The average molecular weight is 662 g/mol. The molecule has 3 aromatic rings. The van der Waals surface area contributed by atoms with Crippen molar-refractivity contribution in [1.29, 1.82) is 0 Å². The number of carbonyl (C=O) groups excluding carboxylic acids is 1. The third-order valence-corrected chi connectivity index (χ3v) is 10.4. The molecule has 46 heavy (non-hydrogen) atoms. The van der Waals surface area contributed by atoms with Crippen molar-refractivity contribution >= 4 is 21.6 Å². The summed E-state index contributed by atoms with van der Waals surface area (Å²) in [4.78, 5) is 20.0. The molecular formula is C33H38F3N3O6S. The number of rotatable bonds is 11. The Morgan fingerprint density at radius 2 is 1.83 bits per heavy atom. The first-order valence-electron chi connectivity index (χ1n) is 15.3. The van der Waals surface area contributed by atoms with Gasteiger partial charge in [-0.25, -0.2) is 13.4 Å². The fourth-order valence-electron chi connectivity index (χ4n) is 5.83. The SMILES string of the molecule is CCS(=O)(=O)c1ccc([C@H](CO)NC(=O)c2ccc(N3CC(c4ccc(C(F)(F)F)cc4)CC[C@H]3COC3CCOC3)nc2)cc1. The number of carbonyl (C=O) groups is 1. The second kappa shape index (κ2) is 14.5. The van der Waals surface area contributed by atoms with Gasteiger partial charge in [0.25, 0.3) is 5.91 Å². The molecule has 0 radical (unpaired) electrons. The van der Waals surface area contributed by atoms with E-state index >= 15 is 0 Å². The second-order valence-electron chi connectivity index (χ2n) is 11.6. The lowest BCUT2D eigenvalue weighted by atomic mass is 9.87. The van der Waals surface area contributed by atoms with E-state index in [-0.39, 0.29) is 34.3 Å². The number of hydrogen-bond donors (Lipinski definition) is 2. The van der Waals surface area contributed by atoms with E-state index in [0.29, 0.717) is 37.7 Å². The minimum Gasteiger partial charge on any atom is -0.394 e. The quantitative estimate of drug-likeness (QED) is 0.298. The number of hydrogen-bond acceptors (Lipinski definition) is 8.